The minimum absolute atomic E-state index is 0.611. The number of hydrogen-bond acceptors (Lipinski definition) is 4. The number of nitrogens with zero attached hydrogens (tertiary/aromatic N) is 1. The van der Waals surface area contributed by atoms with Crippen molar-refractivity contribution in [2.24, 2.45) is 0 Å². The molecule has 3 nitrogen and oxygen atoms in total. The maximum absolute atomic E-state index is 5.56. The van der Waals surface area contributed by atoms with E-state index in [0.29, 0.717) is 13.2 Å². The second-order valence-corrected chi connectivity index (χ2v) is 5.12. The van der Waals surface area contributed by atoms with E-state index in [0.717, 1.165) is 33.1 Å². The Balaban J connectivity index is 1.97. The van der Waals surface area contributed by atoms with E-state index in [2.05, 4.69) is 26.3 Å². The van der Waals surface area contributed by atoms with E-state index in [1.54, 1.807) is 11.3 Å². The standard InChI is InChI=1S/C12H10BrNO2S/c13-6-12-14-9(7-17-12)8-1-2-10-11(5-8)16-4-3-15-10/h1-2,5,7H,3-4,6H2. The van der Waals surface area contributed by atoms with Gasteiger partial charge < -0.3 is 9.47 Å². The lowest BCUT2D eigenvalue weighted by Crippen LogP contribution is -2.15. The summed E-state index contributed by atoms with van der Waals surface area (Å²) < 4.78 is 11.1. The first-order chi connectivity index (χ1) is 8.36. The fraction of sp³-hybridized carbons (Fsp3) is 0.250. The van der Waals surface area contributed by atoms with Gasteiger partial charge in [-0.15, -0.1) is 11.3 Å². The lowest BCUT2D eigenvalue weighted by atomic mass is 10.1. The summed E-state index contributed by atoms with van der Waals surface area (Å²) in [6.07, 6.45) is 0. The molecule has 1 aromatic heterocycles. The molecule has 2 heterocycles. The first-order valence-corrected chi connectivity index (χ1v) is 7.27. The van der Waals surface area contributed by atoms with Crippen LogP contribution in [-0.4, -0.2) is 18.2 Å². The Morgan fingerprint density at radius 1 is 1.24 bits per heavy atom. The van der Waals surface area contributed by atoms with Crippen LogP contribution in [0.5, 0.6) is 11.5 Å². The zero-order chi connectivity index (χ0) is 11.7. The average molecular weight is 312 g/mol. The number of hydrogen-bond donors (Lipinski definition) is 0. The molecule has 1 aliphatic heterocycles. The molecule has 0 radical (unpaired) electrons. The number of alkyl halides is 1. The van der Waals surface area contributed by atoms with Crippen LogP contribution in [0.15, 0.2) is 23.6 Å². The number of ether oxygens (including phenoxy) is 2. The molecule has 0 aliphatic carbocycles. The highest BCUT2D eigenvalue weighted by Gasteiger charge is 2.13. The fourth-order valence-corrected chi connectivity index (χ4v) is 2.88. The SMILES string of the molecule is BrCc1nc(-c2ccc3c(c2)OCCO3)cs1. The van der Waals surface area contributed by atoms with Gasteiger partial charge in [0.1, 0.15) is 18.2 Å². The second kappa shape index (κ2) is 4.66. The maximum atomic E-state index is 5.56. The van der Waals surface area contributed by atoms with Crippen molar-refractivity contribution < 1.29 is 9.47 Å². The fourth-order valence-electron chi connectivity index (χ4n) is 1.71. The predicted octanol–water partition coefficient (Wildman–Crippen LogP) is 3.48. The molecule has 1 aromatic carbocycles. The number of rotatable bonds is 2. The molecule has 3 rings (SSSR count). The van der Waals surface area contributed by atoms with Gasteiger partial charge in [-0.2, -0.15) is 0 Å². The summed E-state index contributed by atoms with van der Waals surface area (Å²) in [5.41, 5.74) is 2.05. The number of fused-ring (bicyclic) bond motifs is 1. The molecule has 0 fully saturated rings. The van der Waals surface area contributed by atoms with E-state index in [1.807, 2.05) is 18.2 Å². The molecule has 0 N–H and O–H groups in total. The Labute approximate surface area is 112 Å². The molecule has 2 aromatic rings. The van der Waals surface area contributed by atoms with Crippen molar-refractivity contribution in [3.05, 3.63) is 28.6 Å². The van der Waals surface area contributed by atoms with Crippen LogP contribution in [0.1, 0.15) is 5.01 Å². The number of aromatic nitrogens is 1. The molecule has 17 heavy (non-hydrogen) atoms. The zero-order valence-electron chi connectivity index (χ0n) is 8.98. The Morgan fingerprint density at radius 2 is 2.06 bits per heavy atom. The van der Waals surface area contributed by atoms with Gasteiger partial charge in [0.25, 0.3) is 0 Å². The average Bonchev–Trinajstić information content (AvgIpc) is 2.87. The summed E-state index contributed by atoms with van der Waals surface area (Å²) in [4.78, 5) is 4.52. The van der Waals surface area contributed by atoms with Crippen LogP contribution in [0.25, 0.3) is 11.3 Å². The molecule has 1 aliphatic rings. The van der Waals surface area contributed by atoms with Crippen molar-refractivity contribution in [1.82, 2.24) is 4.98 Å². The third-order valence-electron chi connectivity index (χ3n) is 2.50. The summed E-state index contributed by atoms with van der Waals surface area (Å²) in [5.74, 6) is 1.62. The molecule has 0 atom stereocenters. The van der Waals surface area contributed by atoms with Gasteiger partial charge in [-0.1, -0.05) is 15.9 Å². The second-order valence-electron chi connectivity index (χ2n) is 3.62. The van der Waals surface area contributed by atoms with Crippen molar-refractivity contribution in [2.75, 3.05) is 13.2 Å². The Bertz CT molecular complexity index is 541. The normalized spacial score (nSPS) is 13.7. The van der Waals surface area contributed by atoms with E-state index in [-0.39, 0.29) is 0 Å². The molecule has 0 saturated carbocycles. The lowest BCUT2D eigenvalue weighted by molar-refractivity contribution is 0.171. The summed E-state index contributed by atoms with van der Waals surface area (Å²) in [6.45, 7) is 1.23. The minimum atomic E-state index is 0.611. The smallest absolute Gasteiger partial charge is 0.162 e. The van der Waals surface area contributed by atoms with Crippen LogP contribution in [0, 0.1) is 0 Å². The van der Waals surface area contributed by atoms with Gasteiger partial charge >= 0.3 is 0 Å². The molecule has 0 saturated heterocycles. The zero-order valence-corrected chi connectivity index (χ0v) is 11.4. The lowest BCUT2D eigenvalue weighted by Gasteiger charge is -2.18. The van der Waals surface area contributed by atoms with E-state index in [1.165, 1.54) is 0 Å². The summed E-state index contributed by atoms with van der Waals surface area (Å²) in [6, 6.07) is 5.94. The van der Waals surface area contributed by atoms with Crippen LogP contribution >= 0.6 is 27.3 Å². The molecule has 0 unspecified atom stereocenters. The van der Waals surface area contributed by atoms with Crippen LogP contribution in [0.3, 0.4) is 0 Å². The third-order valence-corrected chi connectivity index (χ3v) is 4.26. The molecule has 88 valence electrons. The summed E-state index contributed by atoms with van der Waals surface area (Å²) >= 11 is 5.06. The van der Waals surface area contributed by atoms with Crippen molar-refractivity contribution in [3.63, 3.8) is 0 Å². The Morgan fingerprint density at radius 3 is 2.82 bits per heavy atom. The van der Waals surface area contributed by atoms with Gasteiger partial charge in [0.2, 0.25) is 0 Å². The molecule has 5 heteroatoms. The minimum Gasteiger partial charge on any atom is -0.486 e. The van der Waals surface area contributed by atoms with Gasteiger partial charge in [-0.05, 0) is 18.2 Å². The van der Waals surface area contributed by atoms with Crippen molar-refractivity contribution in [1.29, 1.82) is 0 Å². The monoisotopic (exact) mass is 311 g/mol. The first kappa shape index (κ1) is 11.0. The summed E-state index contributed by atoms with van der Waals surface area (Å²) in [7, 11) is 0. The van der Waals surface area contributed by atoms with Gasteiger partial charge in [0.05, 0.1) is 11.0 Å². The molecular formula is C12H10BrNO2S. The number of halogens is 1. The quantitative estimate of drug-likeness (QED) is 0.796. The van der Waals surface area contributed by atoms with E-state index in [9.17, 15) is 0 Å². The highest BCUT2D eigenvalue weighted by atomic mass is 79.9. The van der Waals surface area contributed by atoms with Crippen LogP contribution < -0.4 is 9.47 Å². The number of benzene rings is 1. The van der Waals surface area contributed by atoms with E-state index in [4.69, 9.17) is 9.47 Å². The van der Waals surface area contributed by atoms with Crippen LogP contribution in [0.4, 0.5) is 0 Å². The van der Waals surface area contributed by atoms with Crippen molar-refractivity contribution in [3.8, 4) is 22.8 Å². The van der Waals surface area contributed by atoms with Gasteiger partial charge in [0.15, 0.2) is 11.5 Å². The largest absolute Gasteiger partial charge is 0.486 e. The number of thiazole rings is 1. The van der Waals surface area contributed by atoms with E-state index >= 15 is 0 Å². The maximum Gasteiger partial charge on any atom is 0.162 e. The highest BCUT2D eigenvalue weighted by Crippen LogP contribution is 2.34. The van der Waals surface area contributed by atoms with Crippen LogP contribution in [-0.2, 0) is 5.33 Å². The van der Waals surface area contributed by atoms with Gasteiger partial charge in [0, 0.05) is 10.9 Å². The van der Waals surface area contributed by atoms with Gasteiger partial charge in [-0.3, -0.25) is 0 Å². The topological polar surface area (TPSA) is 31.4 Å². The third kappa shape index (κ3) is 2.17. The highest BCUT2D eigenvalue weighted by molar-refractivity contribution is 9.08. The predicted molar refractivity (Wildman–Crippen MR) is 71.2 cm³/mol. The molecular weight excluding hydrogens is 302 g/mol. The van der Waals surface area contributed by atoms with Crippen molar-refractivity contribution in [2.45, 2.75) is 5.33 Å². The van der Waals surface area contributed by atoms with E-state index < -0.39 is 0 Å². The molecule has 0 amide bonds. The Hall–Kier alpha value is -1.07. The summed E-state index contributed by atoms with van der Waals surface area (Å²) in [5, 5.41) is 3.93. The Kier molecular flexibility index (Phi) is 3.03. The van der Waals surface area contributed by atoms with Crippen molar-refractivity contribution >= 4 is 27.3 Å². The molecule has 0 bridgehead atoms. The van der Waals surface area contributed by atoms with Gasteiger partial charge in [-0.25, -0.2) is 4.98 Å². The molecule has 0 spiro atoms. The first-order valence-electron chi connectivity index (χ1n) is 5.27. The van der Waals surface area contributed by atoms with Crippen LogP contribution in [0.2, 0.25) is 0 Å².